The number of pyridine rings is 1. The normalized spacial score (nSPS) is 16.3. The third kappa shape index (κ3) is 4.94. The van der Waals surface area contributed by atoms with E-state index in [1.165, 1.54) is 6.08 Å². The Morgan fingerprint density at radius 1 is 1.30 bits per heavy atom. The summed E-state index contributed by atoms with van der Waals surface area (Å²) in [6.07, 6.45) is 6.24. The largest absolute Gasteiger partial charge is 0.339 e. The summed E-state index contributed by atoms with van der Waals surface area (Å²) < 4.78 is 0. The number of aromatic nitrogens is 2. The monoisotopic (exact) mass is 418 g/mol. The molecule has 1 fully saturated rings. The van der Waals surface area contributed by atoms with Crippen LogP contribution in [0.5, 0.6) is 0 Å². The fraction of sp³-hybridized carbons (Fsp3) is 0.292. The average molecular weight is 419 g/mol. The molecule has 0 saturated carbocycles. The summed E-state index contributed by atoms with van der Waals surface area (Å²) in [6.45, 7) is 7.24. The van der Waals surface area contributed by atoms with Crippen LogP contribution in [0.1, 0.15) is 23.4 Å². The number of anilines is 2. The van der Waals surface area contributed by atoms with Crippen LogP contribution in [0.3, 0.4) is 0 Å². The number of carbonyl (C=O) groups is 1. The van der Waals surface area contributed by atoms with Crippen molar-refractivity contribution in [3.63, 3.8) is 0 Å². The van der Waals surface area contributed by atoms with Gasteiger partial charge in [0.05, 0.1) is 0 Å². The fourth-order valence-electron chi connectivity index (χ4n) is 3.93. The molecule has 3 aromatic rings. The zero-order chi connectivity index (χ0) is 20.9. The molecule has 0 radical (unpaired) electrons. The van der Waals surface area contributed by atoms with E-state index in [2.05, 4.69) is 41.1 Å². The molecule has 0 bridgehead atoms. The highest BCUT2D eigenvalue weighted by atomic mass is 32.1. The number of aryl methyl sites for hydroxylation is 1. The first-order chi connectivity index (χ1) is 14.6. The van der Waals surface area contributed by atoms with Crippen LogP contribution < -0.4 is 5.32 Å². The molecule has 3 heterocycles. The molecule has 1 saturated heterocycles. The maximum absolute atomic E-state index is 12.0. The maximum Gasteiger partial charge on any atom is 0.245 e. The summed E-state index contributed by atoms with van der Waals surface area (Å²) in [4.78, 5) is 24.4. The molecule has 1 atom stereocenters. The third-order valence-corrected chi connectivity index (χ3v) is 6.17. The van der Waals surface area contributed by atoms with Crippen molar-refractivity contribution in [1.82, 2.24) is 14.9 Å². The second kappa shape index (κ2) is 9.22. The number of likely N-dealkylation sites (tertiary alicyclic amines) is 1. The van der Waals surface area contributed by atoms with Gasteiger partial charge >= 0.3 is 0 Å². The van der Waals surface area contributed by atoms with Gasteiger partial charge in [0.2, 0.25) is 5.91 Å². The summed E-state index contributed by atoms with van der Waals surface area (Å²) in [6, 6.07) is 14.6. The van der Waals surface area contributed by atoms with Crippen molar-refractivity contribution in [2.75, 3.05) is 18.4 Å². The van der Waals surface area contributed by atoms with Crippen molar-refractivity contribution in [3.05, 3.63) is 71.9 Å². The van der Waals surface area contributed by atoms with Crippen LogP contribution in [0.2, 0.25) is 0 Å². The van der Waals surface area contributed by atoms with Crippen molar-refractivity contribution in [2.45, 2.75) is 26.2 Å². The highest BCUT2D eigenvalue weighted by Gasteiger charge is 2.23. The molecule has 154 valence electrons. The van der Waals surface area contributed by atoms with E-state index in [0.29, 0.717) is 5.92 Å². The smallest absolute Gasteiger partial charge is 0.245 e. The van der Waals surface area contributed by atoms with Gasteiger partial charge in [0.25, 0.3) is 0 Å². The lowest BCUT2D eigenvalue weighted by Crippen LogP contribution is -2.39. The minimum absolute atomic E-state index is 0.0205. The van der Waals surface area contributed by atoms with Crippen molar-refractivity contribution in [2.24, 2.45) is 5.92 Å². The number of amides is 1. The van der Waals surface area contributed by atoms with E-state index in [1.54, 1.807) is 11.3 Å². The summed E-state index contributed by atoms with van der Waals surface area (Å²) in [5.41, 5.74) is 3.32. The molecule has 1 aliphatic heterocycles. The first-order valence-corrected chi connectivity index (χ1v) is 11.1. The van der Waals surface area contributed by atoms with Crippen LogP contribution in [0.4, 0.5) is 10.9 Å². The first-order valence-electron chi connectivity index (χ1n) is 10.3. The van der Waals surface area contributed by atoms with E-state index in [9.17, 15) is 4.79 Å². The summed E-state index contributed by atoms with van der Waals surface area (Å²) >= 11 is 1.62. The fourth-order valence-corrected chi connectivity index (χ4v) is 4.60. The average Bonchev–Trinajstić information content (AvgIpc) is 3.18. The molecule has 1 aromatic carbocycles. The molecule has 6 heteroatoms. The first kappa shape index (κ1) is 20.3. The van der Waals surface area contributed by atoms with Crippen molar-refractivity contribution < 1.29 is 4.79 Å². The van der Waals surface area contributed by atoms with E-state index in [4.69, 9.17) is 4.98 Å². The zero-order valence-electron chi connectivity index (χ0n) is 17.2. The van der Waals surface area contributed by atoms with E-state index in [-0.39, 0.29) is 5.91 Å². The molecule has 4 rings (SSSR count). The highest BCUT2D eigenvalue weighted by molar-refractivity contribution is 7.15. The van der Waals surface area contributed by atoms with E-state index < -0.39 is 0 Å². The zero-order valence-corrected chi connectivity index (χ0v) is 18.0. The van der Waals surface area contributed by atoms with Gasteiger partial charge in [-0.15, -0.1) is 11.3 Å². The Kier molecular flexibility index (Phi) is 6.23. The van der Waals surface area contributed by atoms with Gasteiger partial charge in [-0.1, -0.05) is 36.9 Å². The predicted octanol–water partition coefficient (Wildman–Crippen LogP) is 5.22. The second-order valence-electron chi connectivity index (χ2n) is 7.70. The number of thiazole rings is 1. The predicted molar refractivity (Wildman–Crippen MR) is 123 cm³/mol. The van der Waals surface area contributed by atoms with Crippen LogP contribution >= 0.6 is 11.3 Å². The lowest BCUT2D eigenvalue weighted by Gasteiger charge is -2.32. The molecule has 0 spiro atoms. The molecular formula is C24H26N4OS. The minimum Gasteiger partial charge on any atom is -0.339 e. The molecule has 2 aromatic heterocycles. The number of piperidine rings is 1. The molecular weight excluding hydrogens is 392 g/mol. The highest BCUT2D eigenvalue weighted by Crippen LogP contribution is 2.28. The standard InChI is InChI=1S/C24H26N4OS/c1-3-23(29)28-11-7-8-18(16-28)12-21-13-20(19-9-5-4-6-10-19)14-22(26-21)27-24-25-15-17(2)30-24/h3-6,9-10,13-15,18H,1,7-8,11-12,16H2,2H3,(H,25,26,27)/t18-/m1/s1. The third-order valence-electron chi connectivity index (χ3n) is 5.34. The topological polar surface area (TPSA) is 58.1 Å². The van der Waals surface area contributed by atoms with Crippen molar-refractivity contribution in [1.29, 1.82) is 0 Å². The van der Waals surface area contributed by atoms with E-state index >= 15 is 0 Å². The van der Waals surface area contributed by atoms with Crippen LogP contribution in [0.15, 0.2) is 61.3 Å². The maximum atomic E-state index is 12.0. The van der Waals surface area contributed by atoms with Gasteiger partial charge in [-0.2, -0.15) is 0 Å². The molecule has 5 nitrogen and oxygen atoms in total. The molecule has 0 aliphatic carbocycles. The van der Waals surface area contributed by atoms with E-state index in [1.807, 2.05) is 36.2 Å². The Bertz CT molecular complexity index is 1030. The Morgan fingerprint density at radius 3 is 2.87 bits per heavy atom. The van der Waals surface area contributed by atoms with Crippen molar-refractivity contribution >= 4 is 28.2 Å². The van der Waals surface area contributed by atoms with Crippen LogP contribution in [-0.4, -0.2) is 33.9 Å². The lowest BCUT2D eigenvalue weighted by atomic mass is 9.92. The Labute approximate surface area is 181 Å². The molecule has 1 aliphatic rings. The Balaban J connectivity index is 1.60. The van der Waals surface area contributed by atoms with Gasteiger partial charge in [-0.25, -0.2) is 9.97 Å². The van der Waals surface area contributed by atoms with Gasteiger partial charge in [-0.3, -0.25) is 4.79 Å². The van der Waals surface area contributed by atoms with Gasteiger partial charge in [0.15, 0.2) is 5.13 Å². The summed E-state index contributed by atoms with van der Waals surface area (Å²) in [7, 11) is 0. The number of hydrogen-bond acceptors (Lipinski definition) is 5. The van der Waals surface area contributed by atoms with Crippen molar-refractivity contribution in [3.8, 4) is 11.1 Å². The minimum atomic E-state index is 0.0205. The van der Waals surface area contributed by atoms with E-state index in [0.717, 1.165) is 65.0 Å². The lowest BCUT2D eigenvalue weighted by molar-refractivity contribution is -0.127. The summed E-state index contributed by atoms with van der Waals surface area (Å²) in [5, 5.41) is 4.21. The SMILES string of the molecule is C=CC(=O)N1CCC[C@H](Cc2cc(-c3ccccc3)cc(Nc3ncc(C)s3)n2)C1. The number of rotatable bonds is 6. The molecule has 0 unspecified atom stereocenters. The number of hydrogen-bond donors (Lipinski definition) is 1. The molecule has 30 heavy (non-hydrogen) atoms. The van der Waals surface area contributed by atoms with Crippen LogP contribution in [0.25, 0.3) is 11.1 Å². The summed E-state index contributed by atoms with van der Waals surface area (Å²) in [5.74, 6) is 1.22. The second-order valence-corrected chi connectivity index (χ2v) is 8.94. The van der Waals surface area contributed by atoms with Crippen LogP contribution in [0, 0.1) is 12.8 Å². The number of benzene rings is 1. The van der Waals surface area contributed by atoms with Crippen LogP contribution in [-0.2, 0) is 11.2 Å². The Hall–Kier alpha value is -2.99. The Morgan fingerprint density at radius 2 is 2.13 bits per heavy atom. The quantitative estimate of drug-likeness (QED) is 0.557. The molecule has 1 amide bonds. The number of nitrogens with one attached hydrogen (secondary N) is 1. The number of carbonyl (C=O) groups excluding carboxylic acids is 1. The molecule has 1 N–H and O–H groups in total. The van der Waals surface area contributed by atoms with Gasteiger partial charge in [0.1, 0.15) is 5.82 Å². The van der Waals surface area contributed by atoms with Gasteiger partial charge in [-0.05, 0) is 61.4 Å². The van der Waals surface area contributed by atoms with Gasteiger partial charge < -0.3 is 10.2 Å². The number of nitrogens with zero attached hydrogens (tertiary/aromatic N) is 3. The van der Waals surface area contributed by atoms with Gasteiger partial charge in [0, 0.05) is 29.9 Å².